The number of benzene rings is 1. The third-order valence-corrected chi connectivity index (χ3v) is 24.1. The van der Waals surface area contributed by atoms with Crippen molar-refractivity contribution in [1.29, 1.82) is 0 Å². The van der Waals surface area contributed by atoms with Crippen LogP contribution >= 0.6 is 21.6 Å². The summed E-state index contributed by atoms with van der Waals surface area (Å²) in [6.07, 6.45) is 1.32. The molecule has 3 rings (SSSR count). The molecule has 39 nitrogen and oxygen atoms in total. The van der Waals surface area contributed by atoms with Gasteiger partial charge in [0.25, 0.3) is 0 Å². The van der Waals surface area contributed by atoms with Crippen LogP contribution in [0.1, 0.15) is 191 Å². The molecule has 1 heterocycles. The van der Waals surface area contributed by atoms with Crippen molar-refractivity contribution in [2.45, 2.75) is 283 Å². The molecular formula is C93H161N7O32S2. The first kappa shape index (κ1) is 127. The smallest absolute Gasteiger partial charge is 0.481 e. The number of aliphatic hydroxyl groups is 5. The highest BCUT2D eigenvalue weighted by Gasteiger charge is 2.45. The van der Waals surface area contributed by atoms with Crippen LogP contribution in [0.4, 0.5) is 4.79 Å². The minimum atomic E-state index is -1.04. The summed E-state index contributed by atoms with van der Waals surface area (Å²) >= 11 is 0. The van der Waals surface area contributed by atoms with Crippen molar-refractivity contribution in [3.05, 3.63) is 60.3 Å². The van der Waals surface area contributed by atoms with E-state index in [1.54, 1.807) is 53.8 Å². The van der Waals surface area contributed by atoms with E-state index in [1.807, 2.05) is 137 Å². The zero-order valence-corrected chi connectivity index (χ0v) is 84.3. The Hall–Kier alpha value is -7.40. The predicted octanol–water partition coefficient (Wildman–Crippen LogP) is 7.40. The molecule has 10 N–H and O–H groups in total. The SMILES string of the molecule is CCC(CO)OC(CO)OC.CCC(CO)OC(COC(=O)CCCC(=O)NCCCOC(=O)[C@H](Cc1ccccc1)NC(=O)[C@H](C)[C@@H](OC)[C@@H]1CCCC1C(=O)C[C@@H](OC)[C@H]([C@@H](C)CC)N(C)C(=O)[C@@H](NC(=O)[C@H](C(C)C)N(C)C)C(C)C)OC.CCC(CO)OC(COC(=O)CCCC(=O)O)OC.CCC(CO)OC(COC(=O)OCCC(=O)NCCSSc1ccccn1)OC. The Morgan fingerprint density at radius 1 is 0.522 bits per heavy atom. The Morgan fingerprint density at radius 3 is 1.50 bits per heavy atom. The lowest BCUT2D eigenvalue weighted by molar-refractivity contribution is -0.194. The summed E-state index contributed by atoms with van der Waals surface area (Å²) in [7, 11) is 17.3. The second-order valence-corrected chi connectivity index (χ2v) is 35.2. The number of likely N-dealkylation sites (N-methyl/N-ethyl adjacent to an activating group) is 2. The van der Waals surface area contributed by atoms with Crippen molar-refractivity contribution >= 4 is 86.9 Å². The third kappa shape index (κ3) is 54.1. The molecule has 0 bridgehead atoms. The van der Waals surface area contributed by atoms with E-state index in [0.29, 0.717) is 57.9 Å². The molecule has 0 spiro atoms. The predicted molar refractivity (Wildman–Crippen MR) is 501 cm³/mol. The number of nitrogens with one attached hydrogen (secondary N) is 4. The van der Waals surface area contributed by atoms with E-state index < -0.39 is 122 Å². The molecule has 9 unspecified atom stereocenters. The van der Waals surface area contributed by atoms with Crippen molar-refractivity contribution < 1.29 is 154 Å². The van der Waals surface area contributed by atoms with Crippen LogP contribution in [0.15, 0.2) is 59.8 Å². The van der Waals surface area contributed by atoms with Gasteiger partial charge in [-0.05, 0) is 124 Å². The molecule has 1 aromatic heterocycles. The van der Waals surface area contributed by atoms with Crippen LogP contribution in [-0.2, 0) is 125 Å². The lowest BCUT2D eigenvalue weighted by Crippen LogP contribution is -2.59. The first-order chi connectivity index (χ1) is 64.0. The summed E-state index contributed by atoms with van der Waals surface area (Å²) in [5.41, 5.74) is 0.802. The molecule has 0 aliphatic heterocycles. The molecular weight excluding hydrogens is 1790 g/mol. The molecule has 18 atom stereocenters. The summed E-state index contributed by atoms with van der Waals surface area (Å²) in [5.74, 6) is -5.11. The van der Waals surface area contributed by atoms with Gasteiger partial charge in [0.2, 0.25) is 29.5 Å². The number of carboxylic acid groups (broad SMARTS) is 1. The van der Waals surface area contributed by atoms with E-state index in [2.05, 4.69) is 26.3 Å². The van der Waals surface area contributed by atoms with Gasteiger partial charge >= 0.3 is 30.0 Å². The number of rotatable bonds is 69. The highest BCUT2D eigenvalue weighted by atomic mass is 33.1. The molecule has 1 aromatic carbocycles. The molecule has 0 radical (unpaired) electrons. The Kier molecular flexibility index (Phi) is 72.3. The number of hydrogen-bond acceptors (Lipinski definition) is 35. The van der Waals surface area contributed by atoms with Crippen LogP contribution in [0.5, 0.6) is 0 Å². The fourth-order valence-corrected chi connectivity index (χ4v) is 15.7. The quantitative estimate of drug-likeness (QED) is 0.0101. The van der Waals surface area contributed by atoms with Crippen molar-refractivity contribution in [3.63, 3.8) is 0 Å². The summed E-state index contributed by atoms with van der Waals surface area (Å²) in [6.45, 7) is 20.5. The molecule has 134 heavy (non-hydrogen) atoms. The zero-order valence-electron chi connectivity index (χ0n) is 82.6. The van der Waals surface area contributed by atoms with Crippen molar-refractivity contribution in [3.8, 4) is 0 Å². The van der Waals surface area contributed by atoms with Crippen molar-refractivity contribution in [2.24, 2.45) is 35.5 Å². The molecule has 2 aromatic rings. The number of hydrogen-bond donors (Lipinski definition) is 10. The van der Waals surface area contributed by atoms with Gasteiger partial charge in [-0.1, -0.05) is 136 Å². The number of ketones is 1. The average Bonchev–Trinajstić information content (AvgIpc) is 1.33. The first-order valence-corrected chi connectivity index (χ1v) is 48.5. The van der Waals surface area contributed by atoms with Crippen LogP contribution in [0.2, 0.25) is 0 Å². The molecule has 5 amide bonds. The molecule has 1 fully saturated rings. The fraction of sp³-hybridized carbons (Fsp3) is 0.763. The van der Waals surface area contributed by atoms with Crippen LogP contribution in [-0.4, -0.2) is 345 Å². The maximum Gasteiger partial charge on any atom is 0.508 e. The molecule has 772 valence electrons. The first-order valence-electron chi connectivity index (χ1n) is 46.2. The van der Waals surface area contributed by atoms with E-state index in [0.717, 1.165) is 22.8 Å². The van der Waals surface area contributed by atoms with Gasteiger partial charge in [0.05, 0.1) is 101 Å². The number of amides is 5. The van der Waals surface area contributed by atoms with E-state index >= 15 is 0 Å². The number of pyridine rings is 1. The van der Waals surface area contributed by atoms with Crippen LogP contribution in [0.25, 0.3) is 0 Å². The Morgan fingerprint density at radius 2 is 1.04 bits per heavy atom. The summed E-state index contributed by atoms with van der Waals surface area (Å²) in [5, 5.41) is 65.6. The number of nitrogens with zero attached hydrogens (tertiary/aromatic N) is 3. The largest absolute Gasteiger partial charge is 0.508 e. The van der Waals surface area contributed by atoms with Gasteiger partial charge in [0.15, 0.2) is 25.2 Å². The number of aromatic nitrogens is 1. The van der Waals surface area contributed by atoms with Gasteiger partial charge < -0.3 is 128 Å². The summed E-state index contributed by atoms with van der Waals surface area (Å²) < 4.78 is 79.0. The topological polar surface area (TPSA) is 515 Å². The van der Waals surface area contributed by atoms with Crippen LogP contribution in [0, 0.1) is 35.5 Å². The number of carbonyl (C=O) groups is 11. The van der Waals surface area contributed by atoms with Crippen molar-refractivity contribution in [2.75, 3.05) is 149 Å². The molecule has 0 saturated heterocycles. The second kappa shape index (κ2) is 76.6. The van der Waals surface area contributed by atoms with Gasteiger partial charge in [-0.25, -0.2) is 14.6 Å². The van der Waals surface area contributed by atoms with Crippen molar-refractivity contribution in [1.82, 2.24) is 36.1 Å². The minimum Gasteiger partial charge on any atom is -0.481 e. The highest BCUT2D eigenvalue weighted by molar-refractivity contribution is 8.76. The van der Waals surface area contributed by atoms with E-state index in [-0.39, 0.29) is 196 Å². The van der Waals surface area contributed by atoms with Gasteiger partial charge in [0, 0.05) is 119 Å². The molecule has 1 saturated carbocycles. The molecule has 1 aliphatic rings. The Bertz CT molecular complexity index is 3460. The Balaban J connectivity index is 0.00000240. The minimum absolute atomic E-state index is 0.00703. The van der Waals surface area contributed by atoms with Crippen LogP contribution < -0.4 is 21.3 Å². The fourth-order valence-electron chi connectivity index (χ4n) is 13.9. The van der Waals surface area contributed by atoms with Gasteiger partial charge in [0.1, 0.15) is 49.3 Å². The Labute approximate surface area is 800 Å². The van der Waals surface area contributed by atoms with E-state index in [1.165, 1.54) is 35.5 Å². The summed E-state index contributed by atoms with van der Waals surface area (Å²) in [4.78, 5) is 148. The number of aliphatic carboxylic acids is 1. The number of Topliss-reactive ketones (excluding diaryl/α,β-unsaturated/α-hetero) is 1. The number of ether oxygens (including phenoxy) is 15. The number of methoxy groups -OCH3 is 6. The van der Waals surface area contributed by atoms with Gasteiger partial charge in [-0.15, -0.1) is 0 Å². The highest BCUT2D eigenvalue weighted by Crippen LogP contribution is 2.40. The lowest BCUT2D eigenvalue weighted by Gasteiger charge is -2.40. The van der Waals surface area contributed by atoms with Gasteiger partial charge in [-0.2, -0.15) is 0 Å². The van der Waals surface area contributed by atoms with Gasteiger partial charge in [-0.3, -0.25) is 48.1 Å². The lowest BCUT2D eigenvalue weighted by atomic mass is 9.79. The van der Waals surface area contributed by atoms with E-state index in [4.69, 9.17) is 96.6 Å². The number of carboxylic acids is 1. The average molecular weight is 1950 g/mol. The maximum atomic E-state index is 14.5. The molecule has 1 aliphatic carbocycles. The number of carbonyl (C=O) groups excluding carboxylic acids is 10. The summed E-state index contributed by atoms with van der Waals surface area (Å²) in [6, 6.07) is 12.2. The number of esters is 3. The monoisotopic (exact) mass is 1950 g/mol. The zero-order chi connectivity index (χ0) is 101. The number of aliphatic hydroxyl groups excluding tert-OH is 5. The molecule has 41 heteroatoms. The maximum absolute atomic E-state index is 14.5. The van der Waals surface area contributed by atoms with E-state index in [9.17, 15) is 57.8 Å². The second-order valence-electron chi connectivity index (χ2n) is 32.8. The standard InChI is InChI=1S/C56H95N5O14.C18H28N2O7S2.C12H22O7.C7H16O4/c1-15-37(7)51(61(11)55(68)49(35(3)4)59-54(67)50(36(5)6)60(9)10)45(70-12)32-44(63)41-25-20-26-42(41)52(72-14)38(8)53(66)58-43(31-39-23-18-17-19-24-39)56(69)73-30-22-29-57-46(64)27-21-28-47(65)74-34-48(71-13)75-40(16-2)33-62;1-3-14(12-21)27-17(24-2)13-26-18(23)25-10-7-15(22)19-9-11-28-29-16-6-4-5-8-20-16;1-3-9(7-13)19-12(17-2)8-18-11(16)6-4-5-10(14)15;1-3-6(4-8)11-7(5-9)10-2/h17-19,23-24,35-38,40-43,45,48-52,62H,15-16,20-22,25-34H2,1-14H3,(H,57,64)(H,58,66)(H,59,67);4-6,8,14,17,21H,3,7,9-13H2,1-2H3,(H,19,22);9,12-13H,3-8H2,1-2H3,(H,14,15);6-9H,3-5H2,1-2H3/t37-,38+,40?,41?,42+,43-,45+,48?,49-,50-,51-,52+;;;/m0.../s1. The normalized spacial score (nSPS) is 16.5. The third-order valence-electron chi connectivity index (χ3n) is 21.9. The van der Waals surface area contributed by atoms with Crippen LogP contribution in [0.3, 0.4) is 0 Å².